The molecular weight excluding hydrogens is 384 g/mol. The Labute approximate surface area is 163 Å². The third kappa shape index (κ3) is 4.13. The van der Waals surface area contributed by atoms with E-state index >= 15 is 0 Å². The molecular formula is C16H14N8OS2. The quantitative estimate of drug-likeness (QED) is 0.578. The molecule has 27 heavy (non-hydrogen) atoms. The summed E-state index contributed by atoms with van der Waals surface area (Å²) in [4.78, 5) is 5.86. The van der Waals surface area contributed by atoms with E-state index in [0.717, 1.165) is 11.5 Å². The number of phenolic OH excluding ortho intramolecular Hbond substituents is 1. The number of nitrogens with zero attached hydrogens (tertiary/aromatic N) is 8. The zero-order valence-electron chi connectivity index (χ0n) is 14.7. The van der Waals surface area contributed by atoms with Crippen LogP contribution in [0.25, 0.3) is 0 Å². The molecule has 0 aliphatic heterocycles. The van der Waals surface area contributed by atoms with Crippen LogP contribution < -0.4 is 4.90 Å². The first-order valence-corrected chi connectivity index (χ1v) is 9.28. The summed E-state index contributed by atoms with van der Waals surface area (Å²) < 4.78 is 4.09. The summed E-state index contributed by atoms with van der Waals surface area (Å²) in [6, 6.07) is 5.16. The first kappa shape index (κ1) is 18.6. The molecule has 0 spiro atoms. The van der Waals surface area contributed by atoms with Crippen molar-refractivity contribution in [1.29, 1.82) is 5.26 Å². The molecule has 0 amide bonds. The zero-order chi connectivity index (χ0) is 19.4. The van der Waals surface area contributed by atoms with E-state index in [1.807, 2.05) is 19.5 Å². The largest absolute Gasteiger partial charge is 0.506 e. The van der Waals surface area contributed by atoms with Gasteiger partial charge in [-0.3, -0.25) is 0 Å². The van der Waals surface area contributed by atoms with Gasteiger partial charge in [0, 0.05) is 31.7 Å². The summed E-state index contributed by atoms with van der Waals surface area (Å²) in [5.41, 5.74) is 2.35. The van der Waals surface area contributed by atoms with Crippen LogP contribution in [0.5, 0.6) is 5.75 Å². The highest BCUT2D eigenvalue weighted by molar-refractivity contribution is 7.13. The molecule has 1 N–H and O–H groups in total. The minimum atomic E-state index is -0.0598. The lowest BCUT2D eigenvalue weighted by atomic mass is 10.2. The number of hydrogen-bond acceptors (Lipinski definition) is 11. The van der Waals surface area contributed by atoms with Gasteiger partial charge >= 0.3 is 0 Å². The Morgan fingerprint density at radius 2 is 1.93 bits per heavy atom. The Balaban J connectivity index is 1.99. The van der Waals surface area contributed by atoms with Gasteiger partial charge in [0.15, 0.2) is 5.00 Å². The summed E-state index contributed by atoms with van der Waals surface area (Å²) in [6.07, 6.45) is 1.65. The van der Waals surface area contributed by atoms with E-state index in [-0.39, 0.29) is 11.4 Å². The number of aromatic hydroxyl groups is 1. The van der Waals surface area contributed by atoms with Gasteiger partial charge in [0.05, 0.1) is 11.4 Å². The molecule has 0 aliphatic carbocycles. The molecule has 0 saturated carbocycles. The third-order valence-electron chi connectivity index (χ3n) is 3.42. The predicted molar refractivity (Wildman–Crippen MR) is 104 cm³/mol. The maximum absolute atomic E-state index is 10.3. The maximum Gasteiger partial charge on any atom is 0.229 e. The minimum absolute atomic E-state index is 0.0598. The summed E-state index contributed by atoms with van der Waals surface area (Å²) in [5.74, 6) is -0.0598. The number of aryl methyl sites for hydroxylation is 1. The molecule has 2 aromatic heterocycles. The maximum atomic E-state index is 10.3. The summed E-state index contributed by atoms with van der Waals surface area (Å²) >= 11 is 2.44. The van der Waals surface area contributed by atoms with Gasteiger partial charge in [-0.2, -0.15) is 9.64 Å². The Kier molecular flexibility index (Phi) is 5.49. The molecule has 11 heteroatoms. The molecule has 2 heterocycles. The fourth-order valence-electron chi connectivity index (χ4n) is 2.09. The van der Waals surface area contributed by atoms with Crippen LogP contribution in [0.1, 0.15) is 11.3 Å². The highest BCUT2D eigenvalue weighted by atomic mass is 32.1. The Hall–Kier alpha value is -3.23. The summed E-state index contributed by atoms with van der Waals surface area (Å²) in [5, 5.41) is 38.6. The van der Waals surface area contributed by atoms with Crippen LogP contribution in [-0.4, -0.2) is 28.6 Å². The SMILES string of the molecule is Cc1nsc(N=Nc2cc(N=Nc3nccs3)c(N(C)C)cc2O)c1C#N. The van der Waals surface area contributed by atoms with Crippen molar-refractivity contribution in [3.63, 3.8) is 0 Å². The van der Waals surface area contributed by atoms with Gasteiger partial charge in [-0.25, -0.2) is 4.98 Å². The van der Waals surface area contributed by atoms with Gasteiger partial charge in [0.25, 0.3) is 0 Å². The normalized spacial score (nSPS) is 11.3. The van der Waals surface area contributed by atoms with Crippen molar-refractivity contribution in [2.75, 3.05) is 19.0 Å². The van der Waals surface area contributed by atoms with Crippen molar-refractivity contribution in [2.24, 2.45) is 20.5 Å². The number of hydrogen-bond donors (Lipinski definition) is 1. The number of anilines is 1. The van der Waals surface area contributed by atoms with Gasteiger partial charge < -0.3 is 10.0 Å². The average molecular weight is 398 g/mol. The first-order chi connectivity index (χ1) is 13.0. The van der Waals surface area contributed by atoms with E-state index in [2.05, 4.69) is 35.9 Å². The van der Waals surface area contributed by atoms with E-state index in [1.165, 1.54) is 17.4 Å². The number of rotatable bonds is 5. The molecule has 0 unspecified atom stereocenters. The second kappa shape index (κ2) is 7.98. The highest BCUT2D eigenvalue weighted by Gasteiger charge is 2.13. The molecule has 0 atom stereocenters. The molecule has 0 radical (unpaired) electrons. The fraction of sp³-hybridized carbons (Fsp3) is 0.188. The van der Waals surface area contributed by atoms with Crippen molar-refractivity contribution >= 4 is 50.1 Å². The number of nitriles is 1. The Bertz CT molecular complexity index is 1050. The van der Waals surface area contributed by atoms with Gasteiger partial charge in [0.1, 0.15) is 28.8 Å². The van der Waals surface area contributed by atoms with Crippen LogP contribution in [0.15, 0.2) is 44.2 Å². The summed E-state index contributed by atoms with van der Waals surface area (Å²) in [6.45, 7) is 1.73. The van der Waals surface area contributed by atoms with Gasteiger partial charge in [-0.1, -0.05) is 0 Å². The molecule has 9 nitrogen and oxygen atoms in total. The fourth-order valence-corrected chi connectivity index (χ4v) is 3.22. The Morgan fingerprint density at radius 1 is 1.15 bits per heavy atom. The molecule has 3 rings (SSSR count). The Morgan fingerprint density at radius 3 is 2.59 bits per heavy atom. The topological polar surface area (TPSA) is 122 Å². The van der Waals surface area contributed by atoms with Gasteiger partial charge in [0.2, 0.25) is 5.13 Å². The molecule has 0 fully saturated rings. The molecule has 0 aliphatic rings. The second-order valence-electron chi connectivity index (χ2n) is 5.50. The predicted octanol–water partition coefficient (Wildman–Crippen LogP) is 5.38. The van der Waals surface area contributed by atoms with Crippen molar-refractivity contribution < 1.29 is 5.11 Å². The minimum Gasteiger partial charge on any atom is -0.506 e. The van der Waals surface area contributed by atoms with Crippen LogP contribution in [0.2, 0.25) is 0 Å². The number of azo groups is 2. The lowest BCUT2D eigenvalue weighted by Crippen LogP contribution is -2.08. The van der Waals surface area contributed by atoms with Crippen LogP contribution >= 0.6 is 22.9 Å². The van der Waals surface area contributed by atoms with Crippen LogP contribution in [0, 0.1) is 18.3 Å². The van der Waals surface area contributed by atoms with Crippen LogP contribution in [0.3, 0.4) is 0 Å². The van der Waals surface area contributed by atoms with E-state index in [9.17, 15) is 5.11 Å². The molecule has 0 bridgehead atoms. The van der Waals surface area contributed by atoms with E-state index < -0.39 is 0 Å². The lowest BCUT2D eigenvalue weighted by Gasteiger charge is -2.15. The average Bonchev–Trinajstić information content (AvgIpc) is 3.28. The van der Waals surface area contributed by atoms with Crippen molar-refractivity contribution in [3.8, 4) is 11.8 Å². The van der Waals surface area contributed by atoms with Crippen molar-refractivity contribution in [1.82, 2.24) is 9.36 Å². The lowest BCUT2D eigenvalue weighted by molar-refractivity contribution is 0.476. The smallest absolute Gasteiger partial charge is 0.229 e. The molecule has 3 aromatic rings. The van der Waals surface area contributed by atoms with E-state index in [0.29, 0.717) is 32.8 Å². The standard InChI is InChI=1S/C16H14N8OS2/c1-9-10(8-17)15(27-23-9)21-20-12-6-11(13(24(2)3)7-14(12)25)19-22-16-18-4-5-26-16/h4-7,25H,1-3H3. The molecule has 0 saturated heterocycles. The van der Waals surface area contributed by atoms with E-state index in [1.54, 1.807) is 24.1 Å². The number of thiazole rings is 1. The third-order valence-corrected chi connectivity index (χ3v) is 4.90. The summed E-state index contributed by atoms with van der Waals surface area (Å²) in [7, 11) is 3.66. The molecule has 1 aromatic carbocycles. The molecule has 136 valence electrons. The van der Waals surface area contributed by atoms with Gasteiger partial charge in [-0.15, -0.1) is 31.8 Å². The van der Waals surface area contributed by atoms with Gasteiger partial charge in [-0.05, 0) is 24.5 Å². The van der Waals surface area contributed by atoms with Crippen molar-refractivity contribution in [3.05, 3.63) is 35.0 Å². The number of phenols is 1. The first-order valence-electron chi connectivity index (χ1n) is 7.63. The zero-order valence-corrected chi connectivity index (χ0v) is 16.3. The van der Waals surface area contributed by atoms with E-state index in [4.69, 9.17) is 5.26 Å². The van der Waals surface area contributed by atoms with Crippen molar-refractivity contribution in [2.45, 2.75) is 6.92 Å². The number of benzene rings is 1. The van der Waals surface area contributed by atoms with Crippen LogP contribution in [0.4, 0.5) is 27.2 Å². The monoisotopic (exact) mass is 398 g/mol. The van der Waals surface area contributed by atoms with Crippen LogP contribution in [-0.2, 0) is 0 Å². The second-order valence-corrected chi connectivity index (χ2v) is 7.12. The number of aromatic nitrogens is 2. The highest BCUT2D eigenvalue weighted by Crippen LogP contribution is 2.40.